The first kappa shape index (κ1) is 23.9. The predicted octanol–water partition coefficient (Wildman–Crippen LogP) is 5.07. The van der Waals surface area contributed by atoms with Gasteiger partial charge in [0.25, 0.3) is 5.91 Å². The third kappa shape index (κ3) is 6.21. The molecule has 0 aliphatic rings. The van der Waals surface area contributed by atoms with Crippen LogP contribution < -0.4 is 5.32 Å². The molecule has 176 valence electrons. The van der Waals surface area contributed by atoms with Gasteiger partial charge in [0.15, 0.2) is 10.8 Å². The second kappa shape index (κ2) is 11.8. The molecule has 0 saturated carbocycles. The molecule has 0 bridgehead atoms. The minimum Gasteiger partial charge on any atom is -0.382 e. The number of nitrogens with one attached hydrogen (secondary N) is 1. The predicted molar refractivity (Wildman–Crippen MR) is 132 cm³/mol. The number of pyridine rings is 1. The Labute approximate surface area is 202 Å². The molecule has 0 spiro atoms. The maximum absolute atomic E-state index is 13.2. The highest BCUT2D eigenvalue weighted by Gasteiger charge is 2.13. The Morgan fingerprint density at radius 1 is 1.09 bits per heavy atom. The highest BCUT2D eigenvalue weighted by atomic mass is 32.2. The molecule has 0 atom stereocenters. The van der Waals surface area contributed by atoms with Crippen molar-refractivity contribution in [3.05, 3.63) is 89.4 Å². The number of fused-ring (bicyclic) bond motifs is 1. The number of amides is 1. The van der Waals surface area contributed by atoms with E-state index in [-0.39, 0.29) is 11.7 Å². The first-order valence-corrected chi connectivity index (χ1v) is 12.3. The van der Waals surface area contributed by atoms with Crippen LogP contribution in [0.2, 0.25) is 0 Å². The second-order valence-electron chi connectivity index (χ2n) is 7.75. The van der Waals surface area contributed by atoms with Crippen molar-refractivity contribution in [3.63, 3.8) is 0 Å². The van der Waals surface area contributed by atoms with Crippen molar-refractivity contribution in [1.29, 1.82) is 0 Å². The van der Waals surface area contributed by atoms with E-state index >= 15 is 0 Å². The lowest BCUT2D eigenvalue weighted by molar-refractivity contribution is 0.0944. The van der Waals surface area contributed by atoms with E-state index in [4.69, 9.17) is 9.72 Å². The molecule has 2 heterocycles. The summed E-state index contributed by atoms with van der Waals surface area (Å²) in [5.74, 6) is 0.340. The molecular weight excluding hydrogens is 451 g/mol. The summed E-state index contributed by atoms with van der Waals surface area (Å²) in [4.78, 5) is 21.7. The van der Waals surface area contributed by atoms with Crippen molar-refractivity contribution >= 4 is 28.8 Å². The van der Waals surface area contributed by atoms with Gasteiger partial charge in [0.2, 0.25) is 0 Å². The molecule has 1 N–H and O–H groups in total. The number of hydrogen-bond donors (Lipinski definition) is 1. The largest absolute Gasteiger partial charge is 0.382 e. The zero-order chi connectivity index (χ0) is 23.8. The van der Waals surface area contributed by atoms with Crippen molar-refractivity contribution in [2.45, 2.75) is 30.8 Å². The maximum atomic E-state index is 13.2. The molecule has 0 radical (unpaired) electrons. The number of ether oxygens (including phenoxy) is 1. The molecule has 0 unspecified atom stereocenters. The minimum atomic E-state index is -0.243. The molecule has 2 aromatic heterocycles. The van der Waals surface area contributed by atoms with E-state index in [0.717, 1.165) is 33.9 Å². The van der Waals surface area contributed by atoms with Crippen LogP contribution in [0.3, 0.4) is 0 Å². The fraction of sp³-hybridized carbons (Fsp3) is 0.269. The first-order valence-electron chi connectivity index (χ1n) is 11.3. The van der Waals surface area contributed by atoms with E-state index in [9.17, 15) is 9.18 Å². The number of carbonyl (C=O) groups is 1. The van der Waals surface area contributed by atoms with E-state index in [1.54, 1.807) is 30.1 Å². The smallest absolute Gasteiger partial charge is 0.251 e. The van der Waals surface area contributed by atoms with Crippen LogP contribution in [0.1, 0.15) is 34.8 Å². The number of rotatable bonds is 11. The summed E-state index contributed by atoms with van der Waals surface area (Å²) >= 11 is 1.59. The van der Waals surface area contributed by atoms with E-state index < -0.39 is 0 Å². The third-order valence-corrected chi connectivity index (χ3v) is 6.31. The summed E-state index contributed by atoms with van der Waals surface area (Å²) in [6.07, 6.45) is 2.55. The quantitative estimate of drug-likeness (QED) is 0.241. The monoisotopic (exact) mass is 478 g/mol. The SMILES string of the molecule is CCOCCCNC(=O)c1ccc(Cn2c(SCc3ccc(F)cc3)nc3cccnc32)cc1. The Morgan fingerprint density at radius 2 is 1.85 bits per heavy atom. The van der Waals surface area contributed by atoms with Crippen LogP contribution in [0, 0.1) is 5.82 Å². The Hall–Kier alpha value is -3.23. The maximum Gasteiger partial charge on any atom is 0.251 e. The normalized spacial score (nSPS) is 11.1. The van der Waals surface area contributed by atoms with Gasteiger partial charge in [-0.25, -0.2) is 14.4 Å². The lowest BCUT2D eigenvalue weighted by Crippen LogP contribution is -2.25. The molecule has 0 aliphatic carbocycles. The van der Waals surface area contributed by atoms with Gasteiger partial charge < -0.3 is 10.1 Å². The first-order chi connectivity index (χ1) is 16.6. The van der Waals surface area contributed by atoms with Gasteiger partial charge in [-0.1, -0.05) is 36.0 Å². The number of nitrogens with zero attached hydrogens (tertiary/aromatic N) is 3. The van der Waals surface area contributed by atoms with Crippen molar-refractivity contribution in [1.82, 2.24) is 19.9 Å². The van der Waals surface area contributed by atoms with E-state index in [2.05, 4.69) is 14.9 Å². The van der Waals surface area contributed by atoms with Crippen LogP contribution in [-0.2, 0) is 17.0 Å². The highest BCUT2D eigenvalue weighted by Crippen LogP contribution is 2.27. The lowest BCUT2D eigenvalue weighted by atomic mass is 10.1. The van der Waals surface area contributed by atoms with Gasteiger partial charge in [-0.3, -0.25) is 9.36 Å². The zero-order valence-electron chi connectivity index (χ0n) is 19.0. The number of thioether (sulfide) groups is 1. The Balaban J connectivity index is 1.45. The summed E-state index contributed by atoms with van der Waals surface area (Å²) in [6.45, 7) is 4.45. The lowest BCUT2D eigenvalue weighted by Gasteiger charge is -2.10. The van der Waals surface area contributed by atoms with Crippen molar-refractivity contribution in [2.24, 2.45) is 0 Å². The standard InChI is InChI=1S/C26H27FN4O2S/c1-2-33-16-4-15-29-25(32)21-10-6-19(7-11-21)17-31-24-23(5-3-14-28-24)30-26(31)34-18-20-8-12-22(27)13-9-20/h3,5-14H,2,4,15-18H2,1H3,(H,29,32). The van der Waals surface area contributed by atoms with Gasteiger partial charge in [-0.2, -0.15) is 0 Å². The summed E-state index contributed by atoms with van der Waals surface area (Å²) in [6, 6.07) is 17.9. The van der Waals surface area contributed by atoms with Gasteiger partial charge >= 0.3 is 0 Å². The molecule has 8 heteroatoms. The molecule has 0 fully saturated rings. The molecular formula is C26H27FN4O2S. The van der Waals surface area contributed by atoms with Crippen LogP contribution in [0.5, 0.6) is 0 Å². The van der Waals surface area contributed by atoms with Crippen LogP contribution in [0.25, 0.3) is 11.2 Å². The molecule has 2 aromatic carbocycles. The molecule has 34 heavy (non-hydrogen) atoms. The zero-order valence-corrected chi connectivity index (χ0v) is 19.9. The van der Waals surface area contributed by atoms with Gasteiger partial charge in [0, 0.05) is 37.3 Å². The number of aromatic nitrogens is 3. The van der Waals surface area contributed by atoms with Gasteiger partial charge in [-0.15, -0.1) is 0 Å². The fourth-order valence-electron chi connectivity index (χ4n) is 3.49. The summed E-state index contributed by atoms with van der Waals surface area (Å²) < 4.78 is 20.6. The van der Waals surface area contributed by atoms with Crippen molar-refractivity contribution < 1.29 is 13.9 Å². The van der Waals surface area contributed by atoms with Crippen LogP contribution in [0.4, 0.5) is 4.39 Å². The van der Waals surface area contributed by atoms with Crippen molar-refractivity contribution in [2.75, 3.05) is 19.8 Å². The number of hydrogen-bond acceptors (Lipinski definition) is 5. The molecule has 0 aliphatic heterocycles. The molecule has 0 saturated heterocycles. The van der Waals surface area contributed by atoms with Gasteiger partial charge in [-0.05, 0) is 60.9 Å². The van der Waals surface area contributed by atoms with Gasteiger partial charge in [0.05, 0.1) is 6.54 Å². The number of carbonyl (C=O) groups excluding carboxylic acids is 1. The Morgan fingerprint density at radius 3 is 2.62 bits per heavy atom. The molecule has 4 rings (SSSR count). The summed E-state index contributed by atoms with van der Waals surface area (Å²) in [7, 11) is 0. The molecule has 4 aromatic rings. The Bertz CT molecular complexity index is 1230. The number of imidazole rings is 1. The summed E-state index contributed by atoms with van der Waals surface area (Å²) in [5.41, 5.74) is 4.32. The number of halogens is 1. The topological polar surface area (TPSA) is 69.0 Å². The van der Waals surface area contributed by atoms with E-state index in [0.29, 0.717) is 37.6 Å². The van der Waals surface area contributed by atoms with Gasteiger partial charge in [0.1, 0.15) is 11.3 Å². The number of benzene rings is 2. The highest BCUT2D eigenvalue weighted by molar-refractivity contribution is 7.98. The van der Waals surface area contributed by atoms with Crippen molar-refractivity contribution in [3.8, 4) is 0 Å². The summed E-state index contributed by atoms with van der Waals surface area (Å²) in [5, 5.41) is 3.76. The van der Waals surface area contributed by atoms with Crippen LogP contribution in [0.15, 0.2) is 72.0 Å². The van der Waals surface area contributed by atoms with Crippen LogP contribution >= 0.6 is 11.8 Å². The second-order valence-corrected chi connectivity index (χ2v) is 8.69. The van der Waals surface area contributed by atoms with E-state index in [1.807, 2.05) is 43.3 Å². The Kier molecular flexibility index (Phi) is 8.27. The average molecular weight is 479 g/mol. The van der Waals surface area contributed by atoms with Crippen LogP contribution in [-0.4, -0.2) is 40.2 Å². The average Bonchev–Trinajstić information content (AvgIpc) is 3.21. The molecule has 6 nitrogen and oxygen atoms in total. The third-order valence-electron chi connectivity index (χ3n) is 5.26. The van der Waals surface area contributed by atoms with E-state index in [1.165, 1.54) is 12.1 Å². The minimum absolute atomic E-state index is 0.0895. The fourth-order valence-corrected chi connectivity index (χ4v) is 4.44. The molecule has 1 amide bonds.